The summed E-state index contributed by atoms with van der Waals surface area (Å²) in [4.78, 5) is 18.3. The van der Waals surface area contributed by atoms with E-state index in [0.29, 0.717) is 18.8 Å². The lowest BCUT2D eigenvalue weighted by Gasteiger charge is -2.52. The van der Waals surface area contributed by atoms with Crippen LogP contribution in [0.3, 0.4) is 0 Å². The van der Waals surface area contributed by atoms with E-state index in [9.17, 15) is 4.79 Å². The molecule has 1 spiro atoms. The fraction of sp³-hybridized carbons (Fsp3) is 0.692. The summed E-state index contributed by atoms with van der Waals surface area (Å²) in [5.41, 5.74) is 0.371. The first-order valence-corrected chi connectivity index (χ1v) is 7.38. The van der Waals surface area contributed by atoms with E-state index in [-0.39, 0.29) is 17.6 Å². The average Bonchev–Trinajstić information content (AvgIpc) is 2.82. The van der Waals surface area contributed by atoms with Crippen molar-refractivity contribution in [1.82, 2.24) is 9.88 Å². The quantitative estimate of drug-likeness (QED) is 0.824. The predicted octanol–water partition coefficient (Wildman–Crippen LogP) is 1.47. The first-order chi connectivity index (χ1) is 9.12. The van der Waals surface area contributed by atoms with Crippen molar-refractivity contribution in [1.29, 1.82) is 0 Å². The number of ether oxygens (including phenoxy) is 2. The van der Waals surface area contributed by atoms with E-state index in [1.807, 2.05) is 17.2 Å². The molecule has 2 fully saturated rings. The van der Waals surface area contributed by atoms with E-state index >= 15 is 0 Å². The molecule has 2 aliphatic rings. The van der Waals surface area contributed by atoms with Gasteiger partial charge in [-0.1, -0.05) is 0 Å². The highest BCUT2D eigenvalue weighted by molar-refractivity contribution is 7.09. The Hall–Kier alpha value is -0.980. The van der Waals surface area contributed by atoms with Crippen LogP contribution in [0.15, 0.2) is 5.38 Å². The van der Waals surface area contributed by atoms with E-state index in [2.05, 4.69) is 4.98 Å². The van der Waals surface area contributed by atoms with Crippen molar-refractivity contribution >= 4 is 17.2 Å². The number of amides is 1. The van der Waals surface area contributed by atoms with E-state index in [0.717, 1.165) is 24.5 Å². The average molecular weight is 282 g/mol. The Morgan fingerprint density at radius 2 is 2.42 bits per heavy atom. The van der Waals surface area contributed by atoms with Crippen LogP contribution in [0.1, 0.15) is 28.3 Å². The first-order valence-electron chi connectivity index (χ1n) is 6.50. The van der Waals surface area contributed by atoms with E-state index in [1.54, 1.807) is 7.11 Å². The van der Waals surface area contributed by atoms with Gasteiger partial charge in [0.05, 0.1) is 24.2 Å². The Kier molecular flexibility index (Phi) is 3.32. The summed E-state index contributed by atoms with van der Waals surface area (Å²) in [6, 6.07) is 0. The van der Waals surface area contributed by atoms with Crippen LogP contribution in [0.25, 0.3) is 0 Å². The smallest absolute Gasteiger partial charge is 0.273 e. The van der Waals surface area contributed by atoms with Crippen molar-refractivity contribution in [2.45, 2.75) is 31.5 Å². The fourth-order valence-corrected chi connectivity index (χ4v) is 3.41. The monoisotopic (exact) mass is 282 g/mol. The van der Waals surface area contributed by atoms with Crippen molar-refractivity contribution in [2.24, 2.45) is 0 Å². The normalized spacial score (nSPS) is 25.4. The maximum absolute atomic E-state index is 12.2. The molecule has 3 heterocycles. The van der Waals surface area contributed by atoms with Gasteiger partial charge < -0.3 is 14.4 Å². The number of carbonyl (C=O) groups excluding carboxylic acids is 1. The van der Waals surface area contributed by atoms with E-state index in [4.69, 9.17) is 9.47 Å². The Bertz CT molecular complexity index is 482. The van der Waals surface area contributed by atoms with Crippen LogP contribution in [0.2, 0.25) is 0 Å². The number of thiazole rings is 1. The van der Waals surface area contributed by atoms with Gasteiger partial charge in [-0.05, 0) is 13.3 Å². The van der Waals surface area contributed by atoms with Crippen LogP contribution >= 0.6 is 11.3 Å². The summed E-state index contributed by atoms with van der Waals surface area (Å²) in [5.74, 6) is 0.0121. The van der Waals surface area contributed by atoms with Gasteiger partial charge in [-0.3, -0.25) is 4.79 Å². The van der Waals surface area contributed by atoms with Gasteiger partial charge in [-0.25, -0.2) is 4.98 Å². The number of hydrogen-bond acceptors (Lipinski definition) is 5. The summed E-state index contributed by atoms with van der Waals surface area (Å²) in [7, 11) is 1.74. The van der Waals surface area contributed by atoms with E-state index < -0.39 is 0 Å². The second kappa shape index (κ2) is 4.85. The largest absolute Gasteiger partial charge is 0.381 e. The molecule has 0 radical (unpaired) electrons. The zero-order valence-electron chi connectivity index (χ0n) is 11.2. The lowest BCUT2D eigenvalue weighted by molar-refractivity contribution is -0.182. The lowest BCUT2D eigenvalue weighted by Crippen LogP contribution is -2.67. The molecule has 1 amide bonds. The summed E-state index contributed by atoms with van der Waals surface area (Å²) in [5, 5.41) is 2.74. The van der Waals surface area contributed by atoms with Gasteiger partial charge in [0.15, 0.2) is 0 Å². The molecule has 0 N–H and O–H groups in total. The van der Waals surface area contributed by atoms with Crippen molar-refractivity contribution in [2.75, 3.05) is 26.8 Å². The highest BCUT2D eigenvalue weighted by Gasteiger charge is 2.49. The lowest BCUT2D eigenvalue weighted by atomic mass is 9.84. The molecule has 1 aromatic heterocycles. The highest BCUT2D eigenvalue weighted by atomic mass is 32.1. The Balaban J connectivity index is 1.61. The third kappa shape index (κ3) is 2.40. The summed E-state index contributed by atoms with van der Waals surface area (Å²) in [6.45, 7) is 3.94. The first kappa shape index (κ1) is 13.0. The second-order valence-corrected chi connectivity index (χ2v) is 6.36. The van der Waals surface area contributed by atoms with E-state index in [1.165, 1.54) is 11.3 Å². The SMILES string of the molecule is COC1CCOC2(C1)CN(C(=O)c1csc(C)n1)C2. The van der Waals surface area contributed by atoms with Gasteiger partial charge in [0.2, 0.25) is 0 Å². The second-order valence-electron chi connectivity index (χ2n) is 5.29. The van der Waals surface area contributed by atoms with Crippen LogP contribution in [0.4, 0.5) is 0 Å². The summed E-state index contributed by atoms with van der Waals surface area (Å²) in [6.07, 6.45) is 2.08. The maximum atomic E-state index is 12.2. The molecule has 0 bridgehead atoms. The minimum Gasteiger partial charge on any atom is -0.381 e. The van der Waals surface area contributed by atoms with Gasteiger partial charge >= 0.3 is 0 Å². The van der Waals surface area contributed by atoms with Crippen LogP contribution in [0.5, 0.6) is 0 Å². The molecule has 2 saturated heterocycles. The van der Waals surface area contributed by atoms with Gasteiger partial charge in [0, 0.05) is 25.5 Å². The number of methoxy groups -OCH3 is 1. The van der Waals surface area contributed by atoms with Crippen molar-refractivity contribution < 1.29 is 14.3 Å². The summed E-state index contributed by atoms with van der Waals surface area (Å²) >= 11 is 1.51. The maximum Gasteiger partial charge on any atom is 0.273 e. The number of likely N-dealkylation sites (tertiary alicyclic amines) is 1. The molecule has 5 nitrogen and oxygen atoms in total. The Labute approximate surface area is 116 Å². The van der Waals surface area contributed by atoms with Crippen molar-refractivity contribution in [3.8, 4) is 0 Å². The fourth-order valence-electron chi connectivity index (χ4n) is 2.82. The third-order valence-electron chi connectivity index (χ3n) is 3.86. The predicted molar refractivity (Wildman–Crippen MR) is 71.5 cm³/mol. The van der Waals surface area contributed by atoms with Crippen LogP contribution in [-0.2, 0) is 9.47 Å². The third-order valence-corrected chi connectivity index (χ3v) is 4.64. The zero-order valence-corrected chi connectivity index (χ0v) is 12.0. The number of nitrogens with zero attached hydrogens (tertiary/aromatic N) is 2. The molecule has 0 saturated carbocycles. The van der Waals surface area contributed by atoms with Gasteiger partial charge in [0.1, 0.15) is 11.3 Å². The number of carbonyl (C=O) groups is 1. The zero-order chi connectivity index (χ0) is 13.5. The summed E-state index contributed by atoms with van der Waals surface area (Å²) < 4.78 is 11.3. The molecule has 104 valence electrons. The molecule has 3 rings (SSSR count). The number of aromatic nitrogens is 1. The molecule has 1 unspecified atom stereocenters. The molecule has 6 heteroatoms. The number of rotatable bonds is 2. The molecule has 1 atom stereocenters. The molecular formula is C13H18N2O3S. The van der Waals surface area contributed by atoms with Crippen molar-refractivity contribution in [3.63, 3.8) is 0 Å². The standard InChI is InChI=1S/C13H18N2O3S/c1-9-14-11(6-19-9)12(16)15-7-13(8-15)5-10(17-2)3-4-18-13/h6,10H,3-5,7-8H2,1-2H3. The molecule has 0 aromatic carbocycles. The van der Waals surface area contributed by atoms with Crippen LogP contribution < -0.4 is 0 Å². The minimum atomic E-state index is -0.181. The topological polar surface area (TPSA) is 51.7 Å². The molecule has 1 aromatic rings. The van der Waals surface area contributed by atoms with Crippen LogP contribution in [-0.4, -0.2) is 54.3 Å². The minimum absolute atomic E-state index is 0.0121. The molecule has 2 aliphatic heterocycles. The Morgan fingerprint density at radius 3 is 3.05 bits per heavy atom. The molecule has 19 heavy (non-hydrogen) atoms. The van der Waals surface area contributed by atoms with Crippen molar-refractivity contribution in [3.05, 3.63) is 16.1 Å². The van der Waals surface area contributed by atoms with Crippen LogP contribution in [0, 0.1) is 6.92 Å². The Morgan fingerprint density at radius 1 is 1.63 bits per heavy atom. The molecular weight excluding hydrogens is 264 g/mol. The molecule has 0 aliphatic carbocycles. The van der Waals surface area contributed by atoms with Gasteiger partial charge in [-0.15, -0.1) is 11.3 Å². The number of aryl methyl sites for hydroxylation is 1. The number of hydrogen-bond donors (Lipinski definition) is 0. The van der Waals surface area contributed by atoms with Gasteiger partial charge in [-0.2, -0.15) is 0 Å². The highest BCUT2D eigenvalue weighted by Crippen LogP contribution is 2.35. The van der Waals surface area contributed by atoms with Gasteiger partial charge in [0.25, 0.3) is 5.91 Å².